The Balaban J connectivity index is 1.78. The molecule has 0 radical (unpaired) electrons. The summed E-state index contributed by atoms with van der Waals surface area (Å²) in [6.45, 7) is 3.88. The van der Waals surface area contributed by atoms with Crippen LogP contribution in [0.25, 0.3) is 0 Å². The van der Waals surface area contributed by atoms with Crippen molar-refractivity contribution in [3.63, 3.8) is 0 Å². The number of anilines is 1. The lowest BCUT2D eigenvalue weighted by Crippen LogP contribution is -2.21. The first kappa shape index (κ1) is 18.7. The molecule has 0 aromatic heterocycles. The smallest absolute Gasteiger partial charge is 0.240 e. The van der Waals surface area contributed by atoms with Crippen molar-refractivity contribution in [3.05, 3.63) is 64.2 Å². The fraction of sp³-hybridized carbons (Fsp3) is 0.211. The molecule has 0 bridgehead atoms. The van der Waals surface area contributed by atoms with Crippen LogP contribution in [0.5, 0.6) is 0 Å². The van der Waals surface area contributed by atoms with Crippen molar-refractivity contribution in [3.8, 4) is 0 Å². The van der Waals surface area contributed by atoms with Crippen molar-refractivity contribution < 1.29 is 9.59 Å². The van der Waals surface area contributed by atoms with E-state index in [0.29, 0.717) is 10.6 Å². The summed E-state index contributed by atoms with van der Waals surface area (Å²) in [5.41, 5.74) is 5.90. The number of nitrogens with zero attached hydrogens (tertiary/aromatic N) is 1. The van der Waals surface area contributed by atoms with Crippen molar-refractivity contribution in [1.29, 1.82) is 0 Å². The van der Waals surface area contributed by atoms with Gasteiger partial charge in [0, 0.05) is 29.1 Å². The Morgan fingerprint density at radius 3 is 2.56 bits per heavy atom. The zero-order valence-corrected chi connectivity index (χ0v) is 14.9. The van der Waals surface area contributed by atoms with E-state index in [1.807, 2.05) is 44.2 Å². The molecule has 2 rings (SSSR count). The predicted octanol–water partition coefficient (Wildman–Crippen LogP) is 3.83. The molecule has 2 aromatic carbocycles. The monoisotopic (exact) mass is 357 g/mol. The summed E-state index contributed by atoms with van der Waals surface area (Å²) in [5, 5.41) is 7.22. The standard InChI is InChI=1S/C19H20ClN3O2/c1-13-7-8-14(2)17(11-13)22-18(24)9-10-19(25)23-21-12-15-5-3-4-6-16(15)20/h3-8,11-12H,9-10H2,1-2H3,(H,22,24)(H,23,25)/b21-12+. The third-order valence-electron chi connectivity index (χ3n) is 3.54. The normalized spacial score (nSPS) is 10.7. The Hall–Kier alpha value is -2.66. The minimum atomic E-state index is -0.334. The number of amides is 2. The van der Waals surface area contributed by atoms with E-state index in [1.54, 1.807) is 12.1 Å². The van der Waals surface area contributed by atoms with Gasteiger partial charge in [-0.05, 0) is 37.1 Å². The molecule has 0 spiro atoms. The lowest BCUT2D eigenvalue weighted by molar-refractivity contribution is -0.124. The van der Waals surface area contributed by atoms with Crippen LogP contribution in [0.2, 0.25) is 5.02 Å². The van der Waals surface area contributed by atoms with E-state index in [9.17, 15) is 9.59 Å². The molecule has 0 unspecified atom stereocenters. The number of nitrogens with one attached hydrogen (secondary N) is 2. The number of halogens is 1. The molecule has 130 valence electrons. The quantitative estimate of drug-likeness (QED) is 0.609. The molecule has 0 heterocycles. The van der Waals surface area contributed by atoms with Crippen LogP contribution >= 0.6 is 11.6 Å². The molecule has 2 N–H and O–H groups in total. The highest BCUT2D eigenvalue weighted by Crippen LogP contribution is 2.16. The Morgan fingerprint density at radius 1 is 1.08 bits per heavy atom. The first-order chi connectivity index (χ1) is 12.0. The summed E-state index contributed by atoms with van der Waals surface area (Å²) >= 11 is 5.99. The van der Waals surface area contributed by atoms with Gasteiger partial charge in [0.2, 0.25) is 11.8 Å². The van der Waals surface area contributed by atoms with Crippen LogP contribution in [0, 0.1) is 13.8 Å². The highest BCUT2D eigenvalue weighted by molar-refractivity contribution is 6.33. The lowest BCUT2D eigenvalue weighted by Gasteiger charge is -2.09. The summed E-state index contributed by atoms with van der Waals surface area (Å²) < 4.78 is 0. The minimum absolute atomic E-state index is 0.0521. The number of aryl methyl sites for hydroxylation is 2. The number of carbonyl (C=O) groups is 2. The van der Waals surface area contributed by atoms with E-state index in [2.05, 4.69) is 15.8 Å². The highest BCUT2D eigenvalue weighted by Gasteiger charge is 2.08. The minimum Gasteiger partial charge on any atom is -0.326 e. The highest BCUT2D eigenvalue weighted by atomic mass is 35.5. The molecule has 2 amide bonds. The number of hydrogen-bond acceptors (Lipinski definition) is 3. The van der Waals surface area contributed by atoms with Crippen LogP contribution in [0.3, 0.4) is 0 Å². The van der Waals surface area contributed by atoms with Crippen molar-refractivity contribution >= 4 is 35.3 Å². The summed E-state index contributed by atoms with van der Waals surface area (Å²) in [7, 11) is 0. The average Bonchev–Trinajstić information content (AvgIpc) is 2.58. The van der Waals surface area contributed by atoms with E-state index < -0.39 is 0 Å². The largest absolute Gasteiger partial charge is 0.326 e. The molecule has 0 aliphatic carbocycles. The summed E-state index contributed by atoms with van der Waals surface area (Å²) in [6.07, 6.45) is 1.60. The van der Waals surface area contributed by atoms with Crippen molar-refractivity contribution in [2.45, 2.75) is 26.7 Å². The van der Waals surface area contributed by atoms with E-state index >= 15 is 0 Å². The molecule has 6 heteroatoms. The number of hydrazone groups is 1. The van der Waals surface area contributed by atoms with Gasteiger partial charge in [-0.3, -0.25) is 9.59 Å². The molecule has 0 aliphatic rings. The second-order valence-electron chi connectivity index (χ2n) is 5.68. The number of carbonyl (C=O) groups excluding carboxylic acids is 2. The van der Waals surface area contributed by atoms with E-state index in [4.69, 9.17) is 11.6 Å². The van der Waals surface area contributed by atoms with Gasteiger partial charge >= 0.3 is 0 Å². The third kappa shape index (κ3) is 6.04. The fourth-order valence-electron chi connectivity index (χ4n) is 2.12. The Morgan fingerprint density at radius 2 is 1.80 bits per heavy atom. The zero-order chi connectivity index (χ0) is 18.2. The van der Waals surface area contributed by atoms with Crippen LogP contribution in [-0.2, 0) is 9.59 Å². The van der Waals surface area contributed by atoms with Crippen LogP contribution in [-0.4, -0.2) is 18.0 Å². The van der Waals surface area contributed by atoms with Gasteiger partial charge < -0.3 is 5.32 Å². The average molecular weight is 358 g/mol. The van der Waals surface area contributed by atoms with Crippen LogP contribution < -0.4 is 10.7 Å². The SMILES string of the molecule is Cc1ccc(C)c(NC(=O)CCC(=O)N/N=C/c2ccccc2Cl)c1. The van der Waals surface area contributed by atoms with Crippen molar-refractivity contribution in [2.75, 3.05) is 5.32 Å². The maximum atomic E-state index is 12.0. The number of benzene rings is 2. The van der Waals surface area contributed by atoms with Crippen LogP contribution in [0.4, 0.5) is 5.69 Å². The summed E-state index contributed by atoms with van der Waals surface area (Å²) in [6, 6.07) is 13.0. The Labute approximate surface area is 152 Å². The van der Waals surface area contributed by atoms with Gasteiger partial charge in [-0.2, -0.15) is 5.10 Å². The molecule has 0 saturated heterocycles. The molecule has 0 fully saturated rings. The maximum Gasteiger partial charge on any atom is 0.240 e. The third-order valence-corrected chi connectivity index (χ3v) is 3.89. The van der Waals surface area contributed by atoms with Gasteiger partial charge in [0.05, 0.1) is 6.21 Å². The maximum absolute atomic E-state index is 12.0. The van der Waals surface area contributed by atoms with E-state index in [-0.39, 0.29) is 24.7 Å². The molecule has 0 saturated carbocycles. The molecule has 2 aromatic rings. The first-order valence-electron chi connectivity index (χ1n) is 7.89. The van der Waals surface area contributed by atoms with Crippen molar-refractivity contribution in [2.24, 2.45) is 5.10 Å². The van der Waals surface area contributed by atoms with Gasteiger partial charge in [-0.1, -0.05) is 41.9 Å². The summed E-state index contributed by atoms with van der Waals surface area (Å²) in [5.74, 6) is -0.543. The Bertz CT molecular complexity index is 803. The molecule has 0 atom stereocenters. The molecule has 0 aliphatic heterocycles. The van der Waals surface area contributed by atoms with Crippen LogP contribution in [0.1, 0.15) is 29.5 Å². The topological polar surface area (TPSA) is 70.6 Å². The first-order valence-corrected chi connectivity index (χ1v) is 8.27. The van der Waals surface area contributed by atoms with E-state index in [0.717, 1.165) is 16.8 Å². The van der Waals surface area contributed by atoms with Crippen molar-refractivity contribution in [1.82, 2.24) is 5.43 Å². The molecule has 25 heavy (non-hydrogen) atoms. The van der Waals surface area contributed by atoms with Gasteiger partial charge in [0.15, 0.2) is 0 Å². The van der Waals surface area contributed by atoms with Gasteiger partial charge in [-0.15, -0.1) is 0 Å². The number of rotatable bonds is 6. The Kier molecular flexibility index (Phi) is 6.71. The molecule has 5 nitrogen and oxygen atoms in total. The second-order valence-corrected chi connectivity index (χ2v) is 6.09. The van der Waals surface area contributed by atoms with Crippen LogP contribution in [0.15, 0.2) is 47.6 Å². The van der Waals surface area contributed by atoms with Gasteiger partial charge in [-0.25, -0.2) is 5.43 Å². The second kappa shape index (κ2) is 8.99. The molecular weight excluding hydrogens is 338 g/mol. The summed E-state index contributed by atoms with van der Waals surface area (Å²) in [4.78, 5) is 23.7. The fourth-order valence-corrected chi connectivity index (χ4v) is 2.30. The number of hydrogen-bond donors (Lipinski definition) is 2. The zero-order valence-electron chi connectivity index (χ0n) is 14.2. The van der Waals surface area contributed by atoms with Gasteiger partial charge in [0.1, 0.15) is 0 Å². The van der Waals surface area contributed by atoms with Gasteiger partial charge in [0.25, 0.3) is 0 Å². The predicted molar refractivity (Wildman–Crippen MR) is 101 cm³/mol. The lowest BCUT2D eigenvalue weighted by atomic mass is 10.1. The molecular formula is C19H20ClN3O2. The van der Waals surface area contributed by atoms with E-state index in [1.165, 1.54) is 6.21 Å².